The second-order valence-corrected chi connectivity index (χ2v) is 5.03. The van der Waals surface area contributed by atoms with Gasteiger partial charge in [0, 0.05) is 18.9 Å². The first kappa shape index (κ1) is 13.9. The number of rotatable bonds is 7. The lowest BCUT2D eigenvalue weighted by molar-refractivity contribution is -0.123. The normalized spacial score (nSPS) is 16.2. The average Bonchev–Trinajstić information content (AvgIpc) is 2.49. The number of anilines is 1. The summed E-state index contributed by atoms with van der Waals surface area (Å²) >= 11 is 0. The van der Waals surface area contributed by atoms with Gasteiger partial charge in [0.25, 0.3) is 0 Å². The Balaban J connectivity index is 1.55. The molecule has 0 amide bonds. The quantitative estimate of drug-likeness (QED) is 0.581. The van der Waals surface area contributed by atoms with Crippen molar-refractivity contribution < 1.29 is 4.79 Å². The third-order valence-corrected chi connectivity index (χ3v) is 3.59. The number of carbonyl (C=O) groups excluding carboxylic acids is 1. The summed E-state index contributed by atoms with van der Waals surface area (Å²) in [5, 5.41) is 6.37. The van der Waals surface area contributed by atoms with Crippen molar-refractivity contribution in [2.45, 2.75) is 38.5 Å². The molecule has 5 nitrogen and oxygen atoms in total. The van der Waals surface area contributed by atoms with Gasteiger partial charge in [-0.05, 0) is 12.8 Å². The van der Waals surface area contributed by atoms with Crippen molar-refractivity contribution in [1.29, 1.82) is 0 Å². The zero-order valence-electron chi connectivity index (χ0n) is 11.3. The number of hydrogen-bond acceptors (Lipinski definition) is 5. The van der Waals surface area contributed by atoms with Gasteiger partial charge in [-0.3, -0.25) is 10.1 Å². The van der Waals surface area contributed by atoms with E-state index in [2.05, 4.69) is 20.6 Å². The molecule has 1 heterocycles. The molecule has 1 aliphatic carbocycles. The minimum absolute atomic E-state index is 0.325. The van der Waals surface area contributed by atoms with Gasteiger partial charge in [0.1, 0.15) is 12.1 Å². The minimum Gasteiger partial charge on any atom is -0.370 e. The molecule has 1 saturated carbocycles. The van der Waals surface area contributed by atoms with Crippen LogP contribution in [0.3, 0.4) is 0 Å². The molecular weight excluding hydrogens is 240 g/mol. The van der Waals surface area contributed by atoms with Crippen molar-refractivity contribution in [3.05, 3.63) is 18.7 Å². The topological polar surface area (TPSA) is 66.9 Å². The zero-order chi connectivity index (χ0) is 13.3. The SMILES string of the molecule is O=C(CCNCNc1cncnc1)C1CCCCC1. The third kappa shape index (κ3) is 4.95. The molecule has 104 valence electrons. The van der Waals surface area contributed by atoms with Gasteiger partial charge in [-0.25, -0.2) is 9.97 Å². The third-order valence-electron chi connectivity index (χ3n) is 3.59. The van der Waals surface area contributed by atoms with E-state index in [4.69, 9.17) is 0 Å². The van der Waals surface area contributed by atoms with E-state index >= 15 is 0 Å². The maximum atomic E-state index is 12.0. The van der Waals surface area contributed by atoms with E-state index in [-0.39, 0.29) is 0 Å². The summed E-state index contributed by atoms with van der Waals surface area (Å²) < 4.78 is 0. The van der Waals surface area contributed by atoms with Crippen molar-refractivity contribution in [2.24, 2.45) is 5.92 Å². The first-order valence-corrected chi connectivity index (χ1v) is 7.08. The Morgan fingerprint density at radius 3 is 2.68 bits per heavy atom. The maximum absolute atomic E-state index is 12.0. The molecule has 0 bridgehead atoms. The van der Waals surface area contributed by atoms with Crippen molar-refractivity contribution in [1.82, 2.24) is 15.3 Å². The molecule has 5 heteroatoms. The summed E-state index contributed by atoms with van der Waals surface area (Å²) in [7, 11) is 0. The molecule has 0 saturated heterocycles. The lowest BCUT2D eigenvalue weighted by Gasteiger charge is -2.20. The zero-order valence-corrected chi connectivity index (χ0v) is 11.3. The van der Waals surface area contributed by atoms with Gasteiger partial charge in [0.15, 0.2) is 0 Å². The molecule has 0 unspecified atom stereocenters. The summed E-state index contributed by atoms with van der Waals surface area (Å²) in [6.45, 7) is 1.36. The number of ketones is 1. The predicted octanol–water partition coefficient (Wildman–Crippen LogP) is 1.98. The number of hydrogen-bond donors (Lipinski definition) is 2. The summed E-state index contributed by atoms with van der Waals surface area (Å²) in [5.74, 6) is 0.751. The van der Waals surface area contributed by atoms with Crippen molar-refractivity contribution in [2.75, 3.05) is 18.5 Å². The highest BCUT2D eigenvalue weighted by atomic mass is 16.1. The number of nitrogens with zero attached hydrogens (tertiary/aromatic N) is 2. The standard InChI is InChI=1S/C14H22N4O/c19-14(12-4-2-1-3-5-12)6-7-15-11-18-13-8-16-10-17-9-13/h8-10,12,15,18H,1-7,11H2. The fourth-order valence-electron chi connectivity index (χ4n) is 2.48. The van der Waals surface area contributed by atoms with E-state index < -0.39 is 0 Å². The minimum atomic E-state index is 0.325. The van der Waals surface area contributed by atoms with E-state index in [0.717, 1.165) is 25.1 Å². The van der Waals surface area contributed by atoms with Crippen LogP contribution in [0, 0.1) is 5.92 Å². The Bertz CT molecular complexity index is 376. The van der Waals surface area contributed by atoms with E-state index in [9.17, 15) is 4.79 Å². The van der Waals surface area contributed by atoms with Crippen LogP contribution in [0.25, 0.3) is 0 Å². The van der Waals surface area contributed by atoms with Crippen LogP contribution in [-0.2, 0) is 4.79 Å². The van der Waals surface area contributed by atoms with Crippen LogP contribution in [-0.4, -0.2) is 29.0 Å². The highest BCUT2D eigenvalue weighted by Crippen LogP contribution is 2.24. The molecule has 2 rings (SSSR count). The first-order chi connectivity index (χ1) is 9.36. The summed E-state index contributed by atoms with van der Waals surface area (Å²) in [4.78, 5) is 19.8. The highest BCUT2D eigenvalue weighted by Gasteiger charge is 2.19. The fraction of sp³-hybridized carbons (Fsp3) is 0.643. The molecule has 0 spiro atoms. The summed E-state index contributed by atoms with van der Waals surface area (Å²) in [6, 6.07) is 0. The Labute approximate surface area is 114 Å². The highest BCUT2D eigenvalue weighted by molar-refractivity contribution is 5.81. The fourth-order valence-corrected chi connectivity index (χ4v) is 2.48. The summed E-state index contributed by atoms with van der Waals surface area (Å²) in [5.41, 5.74) is 0.883. The Morgan fingerprint density at radius 1 is 1.21 bits per heavy atom. The molecule has 1 aromatic heterocycles. The molecule has 0 aromatic carbocycles. The van der Waals surface area contributed by atoms with Crippen LogP contribution in [0.5, 0.6) is 0 Å². The van der Waals surface area contributed by atoms with Crippen LogP contribution >= 0.6 is 0 Å². The second kappa shape index (κ2) is 7.84. The maximum Gasteiger partial charge on any atom is 0.137 e. The van der Waals surface area contributed by atoms with Crippen LogP contribution in [0.15, 0.2) is 18.7 Å². The van der Waals surface area contributed by atoms with Crippen molar-refractivity contribution in [3.8, 4) is 0 Å². The average molecular weight is 262 g/mol. The molecule has 1 fully saturated rings. The van der Waals surface area contributed by atoms with Crippen LogP contribution in [0.2, 0.25) is 0 Å². The monoisotopic (exact) mass is 262 g/mol. The first-order valence-electron chi connectivity index (χ1n) is 7.08. The van der Waals surface area contributed by atoms with E-state index in [1.165, 1.54) is 25.6 Å². The van der Waals surface area contributed by atoms with Gasteiger partial charge in [-0.15, -0.1) is 0 Å². The lowest BCUT2D eigenvalue weighted by Crippen LogP contribution is -2.27. The molecule has 0 atom stereocenters. The Kier molecular flexibility index (Phi) is 5.75. The van der Waals surface area contributed by atoms with Gasteiger partial charge in [0.2, 0.25) is 0 Å². The van der Waals surface area contributed by atoms with E-state index in [1.54, 1.807) is 12.4 Å². The van der Waals surface area contributed by atoms with Gasteiger partial charge in [-0.2, -0.15) is 0 Å². The second-order valence-electron chi connectivity index (χ2n) is 5.03. The largest absolute Gasteiger partial charge is 0.370 e. The molecule has 1 aromatic rings. The molecule has 1 aliphatic rings. The van der Waals surface area contributed by atoms with Gasteiger partial charge in [-0.1, -0.05) is 19.3 Å². The van der Waals surface area contributed by atoms with Crippen LogP contribution in [0.1, 0.15) is 38.5 Å². The van der Waals surface area contributed by atoms with Gasteiger partial charge in [0.05, 0.1) is 24.7 Å². The molecule has 0 radical (unpaired) electrons. The number of carbonyl (C=O) groups is 1. The molecule has 2 N–H and O–H groups in total. The van der Waals surface area contributed by atoms with Crippen LogP contribution in [0.4, 0.5) is 5.69 Å². The smallest absolute Gasteiger partial charge is 0.137 e. The molecular formula is C14H22N4O. The van der Waals surface area contributed by atoms with E-state index in [1.807, 2.05) is 0 Å². The lowest BCUT2D eigenvalue weighted by atomic mass is 9.85. The van der Waals surface area contributed by atoms with Crippen molar-refractivity contribution in [3.63, 3.8) is 0 Å². The van der Waals surface area contributed by atoms with Gasteiger partial charge < -0.3 is 5.32 Å². The molecule has 19 heavy (non-hydrogen) atoms. The number of Topliss-reactive ketones (excluding diaryl/α,β-unsaturated/α-hetero) is 1. The van der Waals surface area contributed by atoms with Crippen molar-refractivity contribution >= 4 is 11.5 Å². The van der Waals surface area contributed by atoms with E-state index in [0.29, 0.717) is 24.8 Å². The van der Waals surface area contributed by atoms with Gasteiger partial charge >= 0.3 is 0 Å². The number of nitrogens with one attached hydrogen (secondary N) is 2. The number of aromatic nitrogens is 2. The Hall–Kier alpha value is -1.49. The summed E-state index contributed by atoms with van der Waals surface area (Å²) in [6.07, 6.45) is 11.5. The molecule has 0 aliphatic heterocycles. The van der Waals surface area contributed by atoms with Crippen LogP contribution < -0.4 is 10.6 Å². The Morgan fingerprint density at radius 2 is 1.95 bits per heavy atom. The predicted molar refractivity (Wildman–Crippen MR) is 74.7 cm³/mol.